The van der Waals surface area contributed by atoms with Crippen molar-refractivity contribution < 1.29 is 14.6 Å². The van der Waals surface area contributed by atoms with Crippen LogP contribution < -0.4 is 10.1 Å². The van der Waals surface area contributed by atoms with E-state index in [0.717, 1.165) is 15.6 Å². The van der Waals surface area contributed by atoms with Crippen molar-refractivity contribution in [1.29, 1.82) is 0 Å². The molecular weight excluding hydrogens is 358 g/mol. The lowest BCUT2D eigenvalue weighted by Crippen LogP contribution is -2.26. The van der Waals surface area contributed by atoms with Gasteiger partial charge in [0, 0.05) is 22.1 Å². The van der Waals surface area contributed by atoms with Gasteiger partial charge in [0.25, 0.3) is 5.91 Å². The largest absolute Gasteiger partial charge is 0.496 e. The van der Waals surface area contributed by atoms with Gasteiger partial charge in [0.15, 0.2) is 0 Å². The highest BCUT2D eigenvalue weighted by Crippen LogP contribution is 2.23. The van der Waals surface area contributed by atoms with E-state index in [9.17, 15) is 4.79 Å². The predicted octanol–water partition coefficient (Wildman–Crippen LogP) is 3.35. The molecule has 1 amide bonds. The van der Waals surface area contributed by atoms with Crippen molar-refractivity contribution in [2.45, 2.75) is 0 Å². The minimum absolute atomic E-state index is 0.0851. The normalized spacial score (nSPS) is 10.7. The number of benzene rings is 2. The van der Waals surface area contributed by atoms with Crippen LogP contribution in [0.25, 0.3) is 12.2 Å². The molecule has 0 atom stereocenters. The predicted molar refractivity (Wildman–Crippen MR) is 95.5 cm³/mol. The van der Waals surface area contributed by atoms with Gasteiger partial charge in [-0.2, -0.15) is 0 Å². The smallest absolute Gasteiger partial charge is 0.251 e. The van der Waals surface area contributed by atoms with Gasteiger partial charge in [-0.05, 0) is 35.9 Å². The molecule has 120 valence electrons. The summed E-state index contributed by atoms with van der Waals surface area (Å²) >= 11 is 3.40. The summed E-state index contributed by atoms with van der Waals surface area (Å²) in [5.74, 6) is 0.470. The van der Waals surface area contributed by atoms with E-state index < -0.39 is 0 Å². The quantitative estimate of drug-likeness (QED) is 0.761. The molecule has 0 aliphatic heterocycles. The highest BCUT2D eigenvalue weighted by molar-refractivity contribution is 9.10. The van der Waals surface area contributed by atoms with Gasteiger partial charge in [-0.3, -0.25) is 4.79 Å². The first kappa shape index (κ1) is 17.2. The lowest BCUT2D eigenvalue weighted by atomic mass is 10.1. The molecule has 0 fully saturated rings. The first-order valence-electron chi connectivity index (χ1n) is 7.15. The Labute approximate surface area is 143 Å². The summed E-state index contributed by atoms with van der Waals surface area (Å²) < 4.78 is 6.36. The zero-order chi connectivity index (χ0) is 16.7. The molecule has 2 aromatic carbocycles. The van der Waals surface area contributed by atoms with E-state index in [4.69, 9.17) is 9.84 Å². The van der Waals surface area contributed by atoms with Crippen LogP contribution in [-0.2, 0) is 0 Å². The van der Waals surface area contributed by atoms with Crippen LogP contribution in [0.4, 0.5) is 0 Å². The molecule has 0 saturated carbocycles. The third kappa shape index (κ3) is 4.94. The van der Waals surface area contributed by atoms with E-state index in [0.29, 0.717) is 11.3 Å². The van der Waals surface area contributed by atoms with Gasteiger partial charge in [0.2, 0.25) is 0 Å². The Morgan fingerprint density at radius 2 is 1.96 bits per heavy atom. The van der Waals surface area contributed by atoms with Crippen LogP contribution in [0.3, 0.4) is 0 Å². The van der Waals surface area contributed by atoms with E-state index in [2.05, 4.69) is 21.2 Å². The number of aliphatic hydroxyl groups is 1. The molecule has 4 nitrogen and oxygen atoms in total. The zero-order valence-corrected chi connectivity index (χ0v) is 14.3. The molecule has 0 spiro atoms. The Balaban J connectivity index is 2.24. The maximum atomic E-state index is 12.0. The SMILES string of the molecule is COc1ccc(C(=O)NCCO)cc1C=Cc1ccc(Br)cc1. The van der Waals surface area contributed by atoms with Crippen molar-refractivity contribution in [3.63, 3.8) is 0 Å². The van der Waals surface area contributed by atoms with E-state index in [1.807, 2.05) is 36.4 Å². The van der Waals surface area contributed by atoms with Crippen LogP contribution in [0.15, 0.2) is 46.9 Å². The number of rotatable bonds is 6. The zero-order valence-electron chi connectivity index (χ0n) is 12.8. The number of methoxy groups -OCH3 is 1. The van der Waals surface area contributed by atoms with Crippen LogP contribution in [0.1, 0.15) is 21.5 Å². The third-order valence-corrected chi connectivity index (χ3v) is 3.74. The lowest BCUT2D eigenvalue weighted by molar-refractivity contribution is 0.0944. The molecule has 5 heteroatoms. The molecule has 23 heavy (non-hydrogen) atoms. The Morgan fingerprint density at radius 3 is 2.61 bits per heavy atom. The molecule has 0 heterocycles. The molecule has 2 N–H and O–H groups in total. The summed E-state index contributed by atoms with van der Waals surface area (Å²) in [6.07, 6.45) is 3.87. The fourth-order valence-electron chi connectivity index (χ4n) is 2.04. The minimum atomic E-state index is -0.222. The Bertz CT molecular complexity index is 696. The number of nitrogens with one attached hydrogen (secondary N) is 1. The standard InChI is InChI=1S/C18H18BrNO3/c1-23-17-9-6-15(18(22)20-10-11-21)12-14(17)5-2-13-3-7-16(19)8-4-13/h2-9,12,21H,10-11H2,1H3,(H,20,22). The summed E-state index contributed by atoms with van der Waals surface area (Å²) in [7, 11) is 1.60. The van der Waals surface area contributed by atoms with Gasteiger partial charge in [0.05, 0.1) is 13.7 Å². The molecule has 0 unspecified atom stereocenters. The van der Waals surface area contributed by atoms with Gasteiger partial charge < -0.3 is 15.2 Å². The van der Waals surface area contributed by atoms with E-state index in [1.165, 1.54) is 0 Å². The first-order valence-corrected chi connectivity index (χ1v) is 7.94. The van der Waals surface area contributed by atoms with Crippen LogP contribution in [0.2, 0.25) is 0 Å². The Hall–Kier alpha value is -2.11. The number of hydrogen-bond donors (Lipinski definition) is 2. The molecule has 2 rings (SSSR count). The van der Waals surface area contributed by atoms with Crippen molar-refractivity contribution in [2.24, 2.45) is 0 Å². The number of ether oxygens (including phenoxy) is 1. The second-order valence-corrected chi connectivity index (χ2v) is 5.74. The number of halogens is 1. The number of carbonyl (C=O) groups excluding carboxylic acids is 1. The van der Waals surface area contributed by atoms with Crippen LogP contribution in [-0.4, -0.2) is 31.3 Å². The van der Waals surface area contributed by atoms with Crippen LogP contribution in [0, 0.1) is 0 Å². The monoisotopic (exact) mass is 375 g/mol. The van der Waals surface area contributed by atoms with Crippen LogP contribution >= 0.6 is 15.9 Å². The highest BCUT2D eigenvalue weighted by atomic mass is 79.9. The lowest BCUT2D eigenvalue weighted by Gasteiger charge is -2.08. The van der Waals surface area contributed by atoms with Crippen molar-refractivity contribution >= 4 is 34.0 Å². The Morgan fingerprint density at radius 1 is 1.22 bits per heavy atom. The second kappa shape index (κ2) is 8.50. The number of hydrogen-bond acceptors (Lipinski definition) is 3. The van der Waals surface area contributed by atoms with E-state index in [1.54, 1.807) is 25.3 Å². The molecule has 0 bridgehead atoms. The van der Waals surface area contributed by atoms with Crippen molar-refractivity contribution in [3.05, 3.63) is 63.6 Å². The maximum Gasteiger partial charge on any atom is 0.251 e. The summed E-state index contributed by atoms with van der Waals surface area (Å²) in [6.45, 7) is 0.146. The highest BCUT2D eigenvalue weighted by Gasteiger charge is 2.08. The molecule has 0 aromatic heterocycles. The summed E-state index contributed by atoms with van der Waals surface area (Å²) in [5, 5.41) is 11.4. The summed E-state index contributed by atoms with van der Waals surface area (Å²) in [4.78, 5) is 12.0. The number of amides is 1. The minimum Gasteiger partial charge on any atom is -0.496 e. The molecule has 0 saturated heterocycles. The topological polar surface area (TPSA) is 58.6 Å². The summed E-state index contributed by atoms with van der Waals surface area (Å²) in [5.41, 5.74) is 2.38. The van der Waals surface area contributed by atoms with E-state index in [-0.39, 0.29) is 19.1 Å². The molecule has 0 radical (unpaired) electrons. The summed E-state index contributed by atoms with van der Waals surface area (Å²) in [6, 6.07) is 13.1. The van der Waals surface area contributed by atoms with Crippen molar-refractivity contribution in [3.8, 4) is 5.75 Å². The van der Waals surface area contributed by atoms with Gasteiger partial charge in [-0.15, -0.1) is 0 Å². The average molecular weight is 376 g/mol. The third-order valence-electron chi connectivity index (χ3n) is 3.21. The van der Waals surface area contributed by atoms with Gasteiger partial charge in [-0.25, -0.2) is 0 Å². The molecule has 0 aliphatic carbocycles. The first-order chi connectivity index (χ1) is 11.1. The fourth-order valence-corrected chi connectivity index (χ4v) is 2.30. The Kier molecular flexibility index (Phi) is 6.38. The van der Waals surface area contributed by atoms with Crippen molar-refractivity contribution in [2.75, 3.05) is 20.3 Å². The molecule has 0 aliphatic rings. The van der Waals surface area contributed by atoms with Crippen molar-refractivity contribution in [1.82, 2.24) is 5.32 Å². The second-order valence-electron chi connectivity index (χ2n) is 4.82. The molecule has 2 aromatic rings. The number of carbonyl (C=O) groups is 1. The van der Waals surface area contributed by atoms with Gasteiger partial charge in [0.1, 0.15) is 5.75 Å². The number of aliphatic hydroxyl groups excluding tert-OH is 1. The fraction of sp³-hybridized carbons (Fsp3) is 0.167. The van der Waals surface area contributed by atoms with Gasteiger partial charge in [-0.1, -0.05) is 40.2 Å². The van der Waals surface area contributed by atoms with Crippen LogP contribution in [0.5, 0.6) is 5.75 Å². The van der Waals surface area contributed by atoms with E-state index >= 15 is 0 Å². The maximum absolute atomic E-state index is 12.0. The molecular formula is C18H18BrNO3. The van der Waals surface area contributed by atoms with Gasteiger partial charge >= 0.3 is 0 Å². The average Bonchev–Trinajstić information content (AvgIpc) is 2.58.